The summed E-state index contributed by atoms with van der Waals surface area (Å²) in [5, 5.41) is 0. The highest BCUT2D eigenvalue weighted by Crippen LogP contribution is 2.38. The molecule has 0 saturated carbocycles. The Balaban J connectivity index is 1.89. The van der Waals surface area contributed by atoms with Crippen LogP contribution in [0.1, 0.15) is 50.2 Å². The van der Waals surface area contributed by atoms with Crippen LogP contribution in [0.5, 0.6) is 0 Å². The summed E-state index contributed by atoms with van der Waals surface area (Å²) in [6.45, 7) is 4.55. The van der Waals surface area contributed by atoms with Crippen molar-refractivity contribution in [1.82, 2.24) is 5.43 Å². The Morgan fingerprint density at radius 1 is 1.41 bits per heavy atom. The van der Waals surface area contributed by atoms with Gasteiger partial charge in [0.05, 0.1) is 0 Å². The maximum Gasteiger partial charge on any atom is 0.0219 e. The summed E-state index contributed by atoms with van der Waals surface area (Å²) in [7, 11) is 0. The highest BCUT2D eigenvalue weighted by atomic mass is 15.2. The van der Waals surface area contributed by atoms with Crippen LogP contribution < -0.4 is 11.3 Å². The van der Waals surface area contributed by atoms with E-state index in [0.717, 1.165) is 11.8 Å². The van der Waals surface area contributed by atoms with Crippen molar-refractivity contribution >= 4 is 0 Å². The summed E-state index contributed by atoms with van der Waals surface area (Å²) >= 11 is 0. The Bertz CT molecular complexity index is 362. The van der Waals surface area contributed by atoms with E-state index in [4.69, 9.17) is 5.84 Å². The molecule has 0 fully saturated rings. The molecule has 0 aromatic heterocycles. The van der Waals surface area contributed by atoms with Crippen molar-refractivity contribution in [1.29, 1.82) is 0 Å². The summed E-state index contributed by atoms with van der Waals surface area (Å²) in [6, 6.07) is 9.24. The first-order chi connectivity index (χ1) is 8.24. The van der Waals surface area contributed by atoms with E-state index < -0.39 is 0 Å². The smallest absolute Gasteiger partial charge is 0.0219 e. The SMILES string of the molecule is CCC(C)CC(CC1Cc2ccccc21)NN. The number of hydrazine groups is 1. The van der Waals surface area contributed by atoms with Crippen molar-refractivity contribution in [2.75, 3.05) is 0 Å². The van der Waals surface area contributed by atoms with Crippen molar-refractivity contribution in [2.24, 2.45) is 11.8 Å². The maximum absolute atomic E-state index is 5.67. The van der Waals surface area contributed by atoms with Gasteiger partial charge in [-0.15, -0.1) is 0 Å². The maximum atomic E-state index is 5.67. The lowest BCUT2D eigenvalue weighted by atomic mass is 9.74. The fraction of sp³-hybridized carbons (Fsp3) is 0.600. The van der Waals surface area contributed by atoms with Crippen molar-refractivity contribution in [2.45, 2.75) is 51.5 Å². The molecule has 0 radical (unpaired) electrons. The number of rotatable bonds is 6. The molecule has 3 unspecified atom stereocenters. The summed E-state index contributed by atoms with van der Waals surface area (Å²) in [6.07, 6.45) is 4.83. The van der Waals surface area contributed by atoms with E-state index in [0.29, 0.717) is 6.04 Å². The predicted molar refractivity (Wildman–Crippen MR) is 72.7 cm³/mol. The van der Waals surface area contributed by atoms with Crippen LogP contribution in [-0.4, -0.2) is 6.04 Å². The first-order valence-electron chi connectivity index (χ1n) is 6.78. The Morgan fingerprint density at radius 2 is 2.18 bits per heavy atom. The Kier molecular flexibility index (Phi) is 4.19. The second kappa shape index (κ2) is 5.65. The number of nitrogens with two attached hydrogens (primary N) is 1. The van der Waals surface area contributed by atoms with E-state index in [1.54, 1.807) is 0 Å². The van der Waals surface area contributed by atoms with E-state index in [2.05, 4.69) is 43.5 Å². The predicted octanol–water partition coefficient (Wildman–Crippen LogP) is 2.98. The number of fused-ring (bicyclic) bond motifs is 1. The fourth-order valence-corrected chi connectivity index (χ4v) is 2.80. The van der Waals surface area contributed by atoms with Crippen LogP contribution in [0.4, 0.5) is 0 Å². The monoisotopic (exact) mass is 232 g/mol. The molecule has 2 heteroatoms. The first kappa shape index (κ1) is 12.6. The molecule has 1 aliphatic rings. The van der Waals surface area contributed by atoms with Gasteiger partial charge in [-0.2, -0.15) is 0 Å². The molecule has 17 heavy (non-hydrogen) atoms. The quantitative estimate of drug-likeness (QED) is 0.584. The van der Waals surface area contributed by atoms with Crippen molar-refractivity contribution < 1.29 is 0 Å². The minimum atomic E-state index is 0.461. The van der Waals surface area contributed by atoms with Gasteiger partial charge in [0.15, 0.2) is 0 Å². The highest BCUT2D eigenvalue weighted by molar-refractivity contribution is 5.39. The van der Waals surface area contributed by atoms with E-state index in [1.807, 2.05) is 0 Å². The van der Waals surface area contributed by atoms with Gasteiger partial charge in [-0.1, -0.05) is 44.5 Å². The zero-order chi connectivity index (χ0) is 12.3. The third-order valence-electron chi connectivity index (χ3n) is 4.15. The molecule has 3 atom stereocenters. The molecule has 1 aromatic carbocycles. The number of hydrogen-bond acceptors (Lipinski definition) is 2. The van der Waals surface area contributed by atoms with Gasteiger partial charge in [-0.3, -0.25) is 11.3 Å². The van der Waals surface area contributed by atoms with Gasteiger partial charge >= 0.3 is 0 Å². The molecule has 2 rings (SSSR count). The second-order valence-electron chi connectivity index (χ2n) is 5.45. The third kappa shape index (κ3) is 2.88. The number of benzene rings is 1. The fourth-order valence-electron chi connectivity index (χ4n) is 2.80. The van der Waals surface area contributed by atoms with Crippen LogP contribution in [0.2, 0.25) is 0 Å². The van der Waals surface area contributed by atoms with Crippen molar-refractivity contribution in [3.8, 4) is 0 Å². The molecule has 94 valence electrons. The minimum Gasteiger partial charge on any atom is -0.271 e. The van der Waals surface area contributed by atoms with Gasteiger partial charge in [0.1, 0.15) is 0 Å². The van der Waals surface area contributed by atoms with Gasteiger partial charge in [0, 0.05) is 6.04 Å². The summed E-state index contributed by atoms with van der Waals surface area (Å²) < 4.78 is 0. The molecule has 1 aliphatic carbocycles. The topological polar surface area (TPSA) is 38.0 Å². The van der Waals surface area contributed by atoms with E-state index >= 15 is 0 Å². The average molecular weight is 232 g/mol. The van der Waals surface area contributed by atoms with E-state index in [-0.39, 0.29) is 0 Å². The molecule has 1 aromatic rings. The van der Waals surface area contributed by atoms with Crippen molar-refractivity contribution in [3.05, 3.63) is 35.4 Å². The Hall–Kier alpha value is -0.860. The lowest BCUT2D eigenvalue weighted by molar-refractivity contribution is 0.350. The van der Waals surface area contributed by atoms with Crippen LogP contribution in [-0.2, 0) is 6.42 Å². The normalized spacial score (nSPS) is 21.5. The average Bonchev–Trinajstić information content (AvgIpc) is 2.34. The minimum absolute atomic E-state index is 0.461. The van der Waals surface area contributed by atoms with Crippen molar-refractivity contribution in [3.63, 3.8) is 0 Å². The number of nitrogens with one attached hydrogen (secondary N) is 1. The highest BCUT2D eigenvalue weighted by Gasteiger charge is 2.27. The zero-order valence-electron chi connectivity index (χ0n) is 10.9. The molecule has 2 nitrogen and oxygen atoms in total. The molecule has 0 heterocycles. The Labute approximate surface area is 105 Å². The van der Waals surface area contributed by atoms with Crippen LogP contribution >= 0.6 is 0 Å². The van der Waals surface area contributed by atoms with Gasteiger partial charge < -0.3 is 0 Å². The molecular formula is C15H24N2. The van der Waals surface area contributed by atoms with Crippen LogP contribution in [0.15, 0.2) is 24.3 Å². The van der Waals surface area contributed by atoms with Crippen LogP contribution in [0.25, 0.3) is 0 Å². The lowest BCUT2D eigenvalue weighted by Crippen LogP contribution is -2.39. The van der Waals surface area contributed by atoms with Gasteiger partial charge in [0.25, 0.3) is 0 Å². The first-order valence-corrected chi connectivity index (χ1v) is 6.78. The molecular weight excluding hydrogens is 208 g/mol. The Morgan fingerprint density at radius 3 is 2.82 bits per heavy atom. The third-order valence-corrected chi connectivity index (χ3v) is 4.15. The zero-order valence-corrected chi connectivity index (χ0v) is 10.9. The molecule has 3 N–H and O–H groups in total. The molecule has 0 bridgehead atoms. The molecule has 0 spiro atoms. The van der Waals surface area contributed by atoms with E-state index in [1.165, 1.54) is 36.8 Å². The standard InChI is InChI=1S/C15H24N2/c1-3-11(2)8-14(17-16)10-13-9-12-6-4-5-7-15(12)13/h4-7,11,13-14,17H,3,8-10,16H2,1-2H3. The van der Waals surface area contributed by atoms with E-state index in [9.17, 15) is 0 Å². The molecule has 0 saturated heterocycles. The van der Waals surface area contributed by atoms with Gasteiger partial charge in [0.2, 0.25) is 0 Å². The van der Waals surface area contributed by atoms with Crippen LogP contribution in [0.3, 0.4) is 0 Å². The summed E-state index contributed by atoms with van der Waals surface area (Å²) in [5.74, 6) is 7.15. The summed E-state index contributed by atoms with van der Waals surface area (Å²) in [5.41, 5.74) is 6.06. The van der Waals surface area contributed by atoms with Crippen LogP contribution in [0, 0.1) is 5.92 Å². The molecule has 0 amide bonds. The summed E-state index contributed by atoms with van der Waals surface area (Å²) in [4.78, 5) is 0. The van der Waals surface area contributed by atoms with Gasteiger partial charge in [-0.05, 0) is 42.2 Å². The number of hydrogen-bond donors (Lipinski definition) is 2. The second-order valence-corrected chi connectivity index (χ2v) is 5.45. The largest absolute Gasteiger partial charge is 0.271 e. The lowest BCUT2D eigenvalue weighted by Gasteiger charge is -2.33. The molecule has 0 aliphatic heterocycles. The van der Waals surface area contributed by atoms with Gasteiger partial charge in [-0.25, -0.2) is 0 Å².